The first kappa shape index (κ1) is 22.2. The summed E-state index contributed by atoms with van der Waals surface area (Å²) in [6.45, 7) is 5.46. The van der Waals surface area contributed by atoms with Crippen molar-refractivity contribution >= 4 is 27.3 Å². The zero-order valence-corrected chi connectivity index (χ0v) is 18.8. The first-order valence-corrected chi connectivity index (χ1v) is 12.1. The summed E-state index contributed by atoms with van der Waals surface area (Å²) in [5.74, 6) is 0.379. The molecule has 2 aromatic rings. The summed E-state index contributed by atoms with van der Waals surface area (Å²) in [6.07, 6.45) is 5.95. The SMILES string of the molecule is Cc1ccc(N(C(C)C(=O)Nc2ccc(OC3CCCC3)cc2)S(C)(=O)=O)cc1C. The lowest BCUT2D eigenvalue weighted by atomic mass is 10.1. The third kappa shape index (κ3) is 5.33. The summed E-state index contributed by atoms with van der Waals surface area (Å²) in [6, 6.07) is 11.7. The molecule has 6 nitrogen and oxygen atoms in total. The van der Waals surface area contributed by atoms with Gasteiger partial charge in [-0.1, -0.05) is 6.07 Å². The average molecular weight is 431 g/mol. The molecule has 0 bridgehead atoms. The van der Waals surface area contributed by atoms with Crippen LogP contribution in [-0.4, -0.2) is 32.7 Å². The number of carbonyl (C=O) groups excluding carboxylic acids is 1. The van der Waals surface area contributed by atoms with E-state index in [1.165, 1.54) is 12.8 Å². The monoisotopic (exact) mass is 430 g/mol. The van der Waals surface area contributed by atoms with E-state index in [1.54, 1.807) is 31.2 Å². The minimum Gasteiger partial charge on any atom is -0.490 e. The van der Waals surface area contributed by atoms with Gasteiger partial charge in [-0.3, -0.25) is 9.10 Å². The van der Waals surface area contributed by atoms with E-state index in [0.717, 1.165) is 40.3 Å². The van der Waals surface area contributed by atoms with Crippen molar-refractivity contribution in [3.63, 3.8) is 0 Å². The molecule has 0 radical (unpaired) electrons. The van der Waals surface area contributed by atoms with Crippen LogP contribution in [0.5, 0.6) is 5.75 Å². The van der Waals surface area contributed by atoms with E-state index in [2.05, 4.69) is 5.32 Å². The van der Waals surface area contributed by atoms with Crippen molar-refractivity contribution in [1.82, 2.24) is 0 Å². The molecule has 1 fully saturated rings. The quantitative estimate of drug-likeness (QED) is 0.706. The normalized spacial score (nSPS) is 15.6. The molecular formula is C23H30N2O4S. The van der Waals surface area contributed by atoms with Gasteiger partial charge in [0.2, 0.25) is 15.9 Å². The van der Waals surface area contributed by atoms with Crippen molar-refractivity contribution in [2.24, 2.45) is 0 Å². The summed E-state index contributed by atoms with van der Waals surface area (Å²) in [5.41, 5.74) is 3.10. The van der Waals surface area contributed by atoms with Gasteiger partial charge in [-0.2, -0.15) is 0 Å². The zero-order chi connectivity index (χ0) is 21.9. The van der Waals surface area contributed by atoms with E-state index in [4.69, 9.17) is 4.74 Å². The van der Waals surface area contributed by atoms with Crippen LogP contribution in [0.25, 0.3) is 0 Å². The highest BCUT2D eigenvalue weighted by atomic mass is 32.2. The van der Waals surface area contributed by atoms with Crippen LogP contribution in [0, 0.1) is 13.8 Å². The number of hydrogen-bond acceptors (Lipinski definition) is 4. The Kier molecular flexibility index (Phi) is 6.71. The first-order valence-electron chi connectivity index (χ1n) is 10.3. The number of sulfonamides is 1. The number of ether oxygens (including phenoxy) is 1. The topological polar surface area (TPSA) is 75.7 Å². The van der Waals surface area contributed by atoms with Gasteiger partial charge in [-0.15, -0.1) is 0 Å². The van der Waals surface area contributed by atoms with Crippen LogP contribution < -0.4 is 14.4 Å². The zero-order valence-electron chi connectivity index (χ0n) is 18.0. The highest BCUT2D eigenvalue weighted by Gasteiger charge is 2.29. The number of anilines is 2. The van der Waals surface area contributed by atoms with Gasteiger partial charge in [0.15, 0.2) is 0 Å². The Morgan fingerprint density at radius 3 is 2.27 bits per heavy atom. The molecule has 1 saturated carbocycles. The van der Waals surface area contributed by atoms with Crippen LogP contribution in [0.15, 0.2) is 42.5 Å². The molecule has 1 amide bonds. The van der Waals surface area contributed by atoms with Gasteiger partial charge in [0.05, 0.1) is 18.0 Å². The Morgan fingerprint density at radius 2 is 1.70 bits per heavy atom. The van der Waals surface area contributed by atoms with Crippen LogP contribution in [0.1, 0.15) is 43.7 Å². The van der Waals surface area contributed by atoms with Crippen molar-refractivity contribution in [2.45, 2.75) is 58.6 Å². The summed E-state index contributed by atoms with van der Waals surface area (Å²) < 4.78 is 32.0. The van der Waals surface area contributed by atoms with Gasteiger partial charge in [0.25, 0.3) is 0 Å². The first-order chi connectivity index (χ1) is 14.1. The number of hydrogen-bond donors (Lipinski definition) is 1. The second kappa shape index (κ2) is 9.08. The maximum atomic E-state index is 12.8. The Balaban J connectivity index is 1.72. The maximum absolute atomic E-state index is 12.8. The molecule has 1 aliphatic carbocycles. The lowest BCUT2D eigenvalue weighted by Crippen LogP contribution is -2.45. The van der Waals surface area contributed by atoms with Crippen LogP contribution in [-0.2, 0) is 14.8 Å². The molecule has 0 aromatic heterocycles. The lowest BCUT2D eigenvalue weighted by Gasteiger charge is -2.28. The molecular weight excluding hydrogens is 400 g/mol. The summed E-state index contributed by atoms with van der Waals surface area (Å²) in [4.78, 5) is 12.8. The summed E-state index contributed by atoms with van der Waals surface area (Å²) in [7, 11) is -3.65. The van der Waals surface area contributed by atoms with Crippen molar-refractivity contribution in [3.05, 3.63) is 53.6 Å². The highest BCUT2D eigenvalue weighted by molar-refractivity contribution is 7.92. The van der Waals surface area contributed by atoms with E-state index in [-0.39, 0.29) is 6.10 Å². The fourth-order valence-electron chi connectivity index (χ4n) is 3.73. The van der Waals surface area contributed by atoms with Crippen LogP contribution in [0.4, 0.5) is 11.4 Å². The number of nitrogens with zero attached hydrogens (tertiary/aromatic N) is 1. The Morgan fingerprint density at radius 1 is 1.07 bits per heavy atom. The van der Waals surface area contributed by atoms with Gasteiger partial charge < -0.3 is 10.1 Å². The minimum absolute atomic E-state index is 0.270. The number of nitrogens with one attached hydrogen (secondary N) is 1. The molecule has 3 rings (SSSR count). The Bertz CT molecular complexity index is 996. The molecule has 0 saturated heterocycles. The number of rotatable bonds is 7. The van der Waals surface area contributed by atoms with Crippen molar-refractivity contribution in [3.8, 4) is 5.75 Å². The number of carbonyl (C=O) groups is 1. The molecule has 1 aliphatic rings. The predicted octanol–water partition coefficient (Wildman–Crippen LogP) is 4.42. The molecule has 1 N–H and O–H groups in total. The Labute approximate surface area is 179 Å². The Hall–Kier alpha value is -2.54. The molecule has 7 heteroatoms. The molecule has 0 spiro atoms. The number of aryl methyl sites for hydroxylation is 2. The second-order valence-electron chi connectivity index (χ2n) is 8.04. The van der Waals surface area contributed by atoms with Gasteiger partial charge >= 0.3 is 0 Å². The predicted molar refractivity (Wildman–Crippen MR) is 121 cm³/mol. The third-order valence-electron chi connectivity index (χ3n) is 5.56. The average Bonchev–Trinajstić information content (AvgIpc) is 3.18. The van der Waals surface area contributed by atoms with E-state index in [1.807, 2.05) is 32.0 Å². The minimum atomic E-state index is -3.65. The largest absolute Gasteiger partial charge is 0.490 e. The van der Waals surface area contributed by atoms with Crippen molar-refractivity contribution in [1.29, 1.82) is 0 Å². The summed E-state index contributed by atoms with van der Waals surface area (Å²) in [5, 5.41) is 2.81. The molecule has 0 aliphatic heterocycles. The molecule has 30 heavy (non-hydrogen) atoms. The van der Waals surface area contributed by atoms with E-state index < -0.39 is 22.0 Å². The van der Waals surface area contributed by atoms with E-state index >= 15 is 0 Å². The molecule has 162 valence electrons. The van der Waals surface area contributed by atoms with Crippen LogP contribution in [0.2, 0.25) is 0 Å². The third-order valence-corrected chi connectivity index (χ3v) is 6.80. The molecule has 1 unspecified atom stereocenters. The smallest absolute Gasteiger partial charge is 0.247 e. The summed E-state index contributed by atoms with van der Waals surface area (Å²) >= 11 is 0. The van der Waals surface area contributed by atoms with Gasteiger partial charge in [0.1, 0.15) is 11.8 Å². The number of amides is 1. The van der Waals surface area contributed by atoms with Crippen molar-refractivity contribution in [2.75, 3.05) is 15.9 Å². The fourth-order valence-corrected chi connectivity index (χ4v) is 4.90. The fraction of sp³-hybridized carbons (Fsp3) is 0.435. The second-order valence-corrected chi connectivity index (χ2v) is 9.90. The standard InChI is InChI=1S/C23H30N2O4S/c1-16-9-12-20(15-17(16)2)25(30(4,27)28)18(3)23(26)24-19-10-13-22(14-11-19)29-21-7-5-6-8-21/h9-15,18,21H,5-8H2,1-4H3,(H,24,26). The van der Waals surface area contributed by atoms with Gasteiger partial charge in [0, 0.05) is 5.69 Å². The van der Waals surface area contributed by atoms with Gasteiger partial charge in [-0.25, -0.2) is 8.42 Å². The molecule has 2 aromatic carbocycles. The maximum Gasteiger partial charge on any atom is 0.247 e. The van der Waals surface area contributed by atoms with E-state index in [0.29, 0.717) is 11.4 Å². The highest BCUT2D eigenvalue weighted by Crippen LogP contribution is 2.26. The van der Waals surface area contributed by atoms with E-state index in [9.17, 15) is 13.2 Å². The van der Waals surface area contributed by atoms with Crippen LogP contribution >= 0.6 is 0 Å². The van der Waals surface area contributed by atoms with Crippen LogP contribution in [0.3, 0.4) is 0 Å². The number of benzene rings is 2. The van der Waals surface area contributed by atoms with Crippen molar-refractivity contribution < 1.29 is 17.9 Å². The molecule has 0 heterocycles. The molecule has 1 atom stereocenters. The van der Waals surface area contributed by atoms with Gasteiger partial charge in [-0.05, 0) is 94.0 Å². The lowest BCUT2D eigenvalue weighted by molar-refractivity contribution is -0.116.